The molecule has 0 saturated heterocycles. The molecule has 0 atom stereocenters. The molecule has 1 N–H and O–H groups in total. The number of amides is 1. The first kappa shape index (κ1) is 20.8. The zero-order valence-electron chi connectivity index (χ0n) is 17.3. The molecule has 3 aromatic rings. The topological polar surface area (TPSA) is 73.2 Å². The average Bonchev–Trinajstić information content (AvgIpc) is 2.92. The maximum atomic E-state index is 13.0. The number of carbonyl (C=O) groups excluding carboxylic acids is 1. The van der Waals surface area contributed by atoms with Crippen LogP contribution in [0.4, 0.5) is 0 Å². The fourth-order valence-electron chi connectivity index (χ4n) is 3.85. The number of benzene rings is 1. The second-order valence-electron chi connectivity index (χ2n) is 7.68. The molecule has 158 valence electrons. The highest BCUT2D eigenvalue weighted by Gasteiger charge is 2.22. The molecule has 1 aliphatic rings. The number of aryl methyl sites for hydroxylation is 2. The van der Waals surface area contributed by atoms with Gasteiger partial charge < -0.3 is 10.1 Å². The molecule has 0 aliphatic carbocycles. The molecular formula is C23H27N3O3S. The predicted molar refractivity (Wildman–Crippen MR) is 119 cm³/mol. The Morgan fingerprint density at radius 1 is 1.23 bits per heavy atom. The summed E-state index contributed by atoms with van der Waals surface area (Å²) in [5.41, 5.74) is 1.88. The van der Waals surface area contributed by atoms with Gasteiger partial charge in [0.15, 0.2) is 0 Å². The van der Waals surface area contributed by atoms with Gasteiger partial charge in [-0.25, -0.2) is 4.98 Å². The third-order valence-corrected chi connectivity index (χ3v) is 6.66. The molecule has 0 fully saturated rings. The monoisotopic (exact) mass is 425 g/mol. The van der Waals surface area contributed by atoms with E-state index in [1.807, 2.05) is 37.3 Å². The van der Waals surface area contributed by atoms with E-state index < -0.39 is 0 Å². The summed E-state index contributed by atoms with van der Waals surface area (Å²) < 4.78 is 7.47. The lowest BCUT2D eigenvalue weighted by atomic mass is 10.2. The third kappa shape index (κ3) is 4.47. The van der Waals surface area contributed by atoms with Crippen LogP contribution in [-0.2, 0) is 24.3 Å². The SMILES string of the molecule is Cc1c(C(=O)NCCCOCc2ccccc2)sc2nc3n(c(=O)c12)CCCCC3. The van der Waals surface area contributed by atoms with Crippen LogP contribution in [0.2, 0.25) is 0 Å². The Hall–Kier alpha value is -2.51. The van der Waals surface area contributed by atoms with E-state index in [4.69, 9.17) is 9.72 Å². The Kier molecular flexibility index (Phi) is 6.59. The summed E-state index contributed by atoms with van der Waals surface area (Å²) >= 11 is 1.32. The molecule has 4 rings (SSSR count). The van der Waals surface area contributed by atoms with Gasteiger partial charge in [-0.3, -0.25) is 14.2 Å². The van der Waals surface area contributed by atoms with Gasteiger partial charge in [-0.15, -0.1) is 11.3 Å². The zero-order valence-corrected chi connectivity index (χ0v) is 18.1. The molecule has 2 aromatic heterocycles. The zero-order chi connectivity index (χ0) is 20.9. The largest absolute Gasteiger partial charge is 0.377 e. The van der Waals surface area contributed by atoms with Gasteiger partial charge in [-0.05, 0) is 37.3 Å². The molecule has 0 radical (unpaired) electrons. The third-order valence-electron chi connectivity index (χ3n) is 5.48. The average molecular weight is 426 g/mol. The van der Waals surface area contributed by atoms with Crippen molar-refractivity contribution in [3.8, 4) is 0 Å². The number of thiophene rings is 1. The maximum Gasteiger partial charge on any atom is 0.262 e. The summed E-state index contributed by atoms with van der Waals surface area (Å²) in [6, 6.07) is 10.0. The molecular weight excluding hydrogens is 398 g/mol. The summed E-state index contributed by atoms with van der Waals surface area (Å²) in [7, 11) is 0. The van der Waals surface area contributed by atoms with Crippen molar-refractivity contribution in [3.63, 3.8) is 0 Å². The summed E-state index contributed by atoms with van der Waals surface area (Å²) in [5, 5.41) is 3.55. The second-order valence-corrected chi connectivity index (χ2v) is 8.68. The van der Waals surface area contributed by atoms with Gasteiger partial charge in [0.05, 0.1) is 16.9 Å². The first-order valence-electron chi connectivity index (χ1n) is 10.6. The van der Waals surface area contributed by atoms with E-state index in [0.29, 0.717) is 34.9 Å². The summed E-state index contributed by atoms with van der Waals surface area (Å²) in [5.74, 6) is 0.715. The normalized spacial score (nSPS) is 13.8. The molecule has 0 spiro atoms. The quantitative estimate of drug-likeness (QED) is 0.584. The van der Waals surface area contributed by atoms with E-state index in [1.54, 1.807) is 4.57 Å². The Labute approximate surface area is 179 Å². The van der Waals surface area contributed by atoms with Crippen LogP contribution in [-0.4, -0.2) is 28.6 Å². The van der Waals surface area contributed by atoms with Crippen LogP contribution in [0.1, 0.15) is 52.3 Å². The minimum Gasteiger partial charge on any atom is -0.377 e. The van der Waals surface area contributed by atoms with Gasteiger partial charge in [0.2, 0.25) is 0 Å². The maximum absolute atomic E-state index is 13.0. The number of ether oxygens (including phenoxy) is 1. The van der Waals surface area contributed by atoms with Crippen LogP contribution in [0.3, 0.4) is 0 Å². The summed E-state index contributed by atoms with van der Waals surface area (Å²) in [6.45, 7) is 4.26. The molecule has 7 heteroatoms. The van der Waals surface area contributed by atoms with E-state index >= 15 is 0 Å². The Balaban J connectivity index is 1.37. The fraction of sp³-hybridized carbons (Fsp3) is 0.435. The summed E-state index contributed by atoms with van der Waals surface area (Å²) in [4.78, 5) is 31.7. The van der Waals surface area contributed by atoms with E-state index in [9.17, 15) is 9.59 Å². The number of hydrogen-bond donors (Lipinski definition) is 1. The molecule has 0 bridgehead atoms. The van der Waals surface area contributed by atoms with Crippen LogP contribution >= 0.6 is 11.3 Å². The van der Waals surface area contributed by atoms with Crippen LogP contribution < -0.4 is 10.9 Å². The van der Waals surface area contributed by atoms with Crippen molar-refractivity contribution in [2.45, 2.75) is 52.2 Å². The van der Waals surface area contributed by atoms with E-state index in [0.717, 1.165) is 55.6 Å². The molecule has 1 amide bonds. The van der Waals surface area contributed by atoms with Gasteiger partial charge in [0, 0.05) is 26.1 Å². The van der Waals surface area contributed by atoms with Gasteiger partial charge in [0.25, 0.3) is 11.5 Å². The number of hydrogen-bond acceptors (Lipinski definition) is 5. The lowest BCUT2D eigenvalue weighted by Gasteiger charge is -2.08. The fourth-order valence-corrected chi connectivity index (χ4v) is 4.95. The number of carbonyl (C=O) groups is 1. The van der Waals surface area contributed by atoms with E-state index in [2.05, 4.69) is 5.32 Å². The number of aromatic nitrogens is 2. The van der Waals surface area contributed by atoms with Crippen molar-refractivity contribution < 1.29 is 9.53 Å². The second kappa shape index (κ2) is 9.53. The molecule has 1 aromatic carbocycles. The van der Waals surface area contributed by atoms with Gasteiger partial charge in [-0.1, -0.05) is 36.8 Å². The lowest BCUT2D eigenvalue weighted by molar-refractivity contribution is 0.0938. The van der Waals surface area contributed by atoms with E-state index in [1.165, 1.54) is 11.3 Å². The van der Waals surface area contributed by atoms with Crippen molar-refractivity contribution in [3.05, 3.63) is 62.5 Å². The highest BCUT2D eigenvalue weighted by Crippen LogP contribution is 2.28. The number of nitrogens with zero attached hydrogens (tertiary/aromatic N) is 2. The number of rotatable bonds is 7. The van der Waals surface area contributed by atoms with Gasteiger partial charge >= 0.3 is 0 Å². The van der Waals surface area contributed by atoms with Crippen LogP contribution in [0.25, 0.3) is 10.2 Å². The molecule has 0 saturated carbocycles. The molecule has 3 heterocycles. The van der Waals surface area contributed by atoms with Crippen LogP contribution in [0, 0.1) is 6.92 Å². The minimum absolute atomic E-state index is 0.000915. The Morgan fingerprint density at radius 3 is 2.90 bits per heavy atom. The lowest BCUT2D eigenvalue weighted by Crippen LogP contribution is -2.26. The van der Waals surface area contributed by atoms with Crippen molar-refractivity contribution >= 4 is 27.5 Å². The van der Waals surface area contributed by atoms with Crippen molar-refractivity contribution in [1.82, 2.24) is 14.9 Å². The first-order chi connectivity index (χ1) is 14.6. The Morgan fingerprint density at radius 2 is 2.07 bits per heavy atom. The predicted octanol–water partition coefficient (Wildman–Crippen LogP) is 3.83. The first-order valence-corrected chi connectivity index (χ1v) is 11.4. The molecule has 1 aliphatic heterocycles. The minimum atomic E-state index is -0.141. The Bertz CT molecular complexity index is 1090. The van der Waals surface area contributed by atoms with Crippen molar-refractivity contribution in [2.75, 3.05) is 13.2 Å². The molecule has 0 unspecified atom stereocenters. The van der Waals surface area contributed by atoms with Crippen molar-refractivity contribution in [1.29, 1.82) is 0 Å². The van der Waals surface area contributed by atoms with Crippen LogP contribution in [0.15, 0.2) is 35.1 Å². The summed E-state index contributed by atoms with van der Waals surface area (Å²) in [6.07, 6.45) is 4.74. The van der Waals surface area contributed by atoms with E-state index in [-0.39, 0.29) is 11.5 Å². The van der Waals surface area contributed by atoms with Crippen molar-refractivity contribution in [2.24, 2.45) is 0 Å². The standard InChI is InChI=1S/C23H27N3O3S/c1-16-19-22(25-18-11-6-3-7-13-26(18)23(19)28)30-20(16)21(27)24-12-8-14-29-15-17-9-4-2-5-10-17/h2,4-5,9-10H,3,6-8,11-15H2,1H3,(H,24,27). The van der Waals surface area contributed by atoms with Gasteiger partial charge in [0.1, 0.15) is 10.7 Å². The van der Waals surface area contributed by atoms with Gasteiger partial charge in [-0.2, -0.15) is 0 Å². The highest BCUT2D eigenvalue weighted by molar-refractivity contribution is 7.20. The molecule has 6 nitrogen and oxygen atoms in total. The smallest absolute Gasteiger partial charge is 0.262 e. The number of fused-ring (bicyclic) bond motifs is 2. The highest BCUT2D eigenvalue weighted by atomic mass is 32.1. The number of nitrogens with one attached hydrogen (secondary N) is 1. The van der Waals surface area contributed by atoms with Crippen LogP contribution in [0.5, 0.6) is 0 Å². The molecule has 30 heavy (non-hydrogen) atoms.